The van der Waals surface area contributed by atoms with Crippen molar-refractivity contribution in [2.45, 2.75) is 39.7 Å². The zero-order chi connectivity index (χ0) is 13.8. The molecule has 19 heavy (non-hydrogen) atoms. The summed E-state index contributed by atoms with van der Waals surface area (Å²) in [6.45, 7) is 3.95. The lowest BCUT2D eigenvalue weighted by atomic mass is 10.2. The first-order valence-corrected chi connectivity index (χ1v) is 6.09. The van der Waals surface area contributed by atoms with Crippen LogP contribution in [0.2, 0.25) is 0 Å². The molecule has 0 fully saturated rings. The maximum atomic E-state index is 10.8. The molecule has 8 heteroatoms. The summed E-state index contributed by atoms with van der Waals surface area (Å²) in [4.78, 5) is 18.5. The second kappa shape index (κ2) is 5.59. The number of unbranched alkanes of at least 4 members (excludes halogenated alkanes) is 1. The Kier molecular flexibility index (Phi) is 3.88. The van der Waals surface area contributed by atoms with Crippen LogP contribution < -0.4 is 0 Å². The average molecular weight is 265 g/mol. The van der Waals surface area contributed by atoms with Crippen LogP contribution in [0.5, 0.6) is 0 Å². The molecule has 0 aliphatic rings. The Morgan fingerprint density at radius 3 is 3.00 bits per heavy atom. The fourth-order valence-electron chi connectivity index (χ4n) is 1.72. The quantitative estimate of drug-likeness (QED) is 0.584. The highest BCUT2D eigenvalue weighted by atomic mass is 16.6. The van der Waals surface area contributed by atoms with Crippen molar-refractivity contribution in [2.24, 2.45) is 0 Å². The van der Waals surface area contributed by atoms with Crippen LogP contribution >= 0.6 is 0 Å². The number of hydrogen-bond acceptors (Lipinski definition) is 6. The van der Waals surface area contributed by atoms with Crippen LogP contribution in [0.4, 0.5) is 5.82 Å². The first-order valence-electron chi connectivity index (χ1n) is 6.09. The van der Waals surface area contributed by atoms with E-state index in [1.54, 1.807) is 6.92 Å². The van der Waals surface area contributed by atoms with Gasteiger partial charge in [-0.3, -0.25) is 0 Å². The maximum absolute atomic E-state index is 10.8. The molecular formula is C11H15N5O3. The first-order chi connectivity index (χ1) is 9.11. The van der Waals surface area contributed by atoms with Gasteiger partial charge in [-0.1, -0.05) is 18.5 Å². The number of hydrogen-bond donors (Lipinski definition) is 0. The van der Waals surface area contributed by atoms with Crippen LogP contribution in [0.1, 0.15) is 37.3 Å². The molecule has 0 N–H and O–H groups in total. The highest BCUT2D eigenvalue weighted by Crippen LogP contribution is 2.15. The topological polar surface area (TPSA) is 99.9 Å². The highest BCUT2D eigenvalue weighted by Gasteiger charge is 2.20. The van der Waals surface area contributed by atoms with Crippen molar-refractivity contribution in [2.75, 3.05) is 0 Å². The molecule has 0 saturated carbocycles. The van der Waals surface area contributed by atoms with Gasteiger partial charge in [0, 0.05) is 13.3 Å². The summed E-state index contributed by atoms with van der Waals surface area (Å²) in [5, 5.41) is 14.7. The molecule has 2 aromatic rings. The molecule has 0 aliphatic heterocycles. The van der Waals surface area contributed by atoms with Gasteiger partial charge in [-0.25, -0.2) is 9.55 Å². The summed E-state index contributed by atoms with van der Waals surface area (Å²) >= 11 is 0. The Morgan fingerprint density at radius 2 is 2.32 bits per heavy atom. The minimum Gasteiger partial charge on any atom is -0.358 e. The zero-order valence-electron chi connectivity index (χ0n) is 10.9. The van der Waals surface area contributed by atoms with E-state index in [4.69, 9.17) is 4.52 Å². The van der Waals surface area contributed by atoms with Gasteiger partial charge in [0.25, 0.3) is 5.89 Å². The largest absolute Gasteiger partial charge is 0.358 e. The predicted octanol–water partition coefficient (Wildman–Crippen LogP) is 1.87. The number of aryl methyl sites for hydroxylation is 2. The van der Waals surface area contributed by atoms with Crippen molar-refractivity contribution in [3.63, 3.8) is 0 Å². The summed E-state index contributed by atoms with van der Waals surface area (Å²) in [5.41, 5.74) is 0. The van der Waals surface area contributed by atoms with Crippen LogP contribution in [0.25, 0.3) is 0 Å². The van der Waals surface area contributed by atoms with E-state index in [2.05, 4.69) is 22.0 Å². The minimum absolute atomic E-state index is 0.0780. The standard InChI is InChI=1S/C11H15N5O3/c1-3-4-5-9-13-10(19-14-9)7-15-8(2)12-6-11(15)16(17)18/h6H,3-5,7H2,1-2H3. The van der Waals surface area contributed by atoms with Gasteiger partial charge in [-0.2, -0.15) is 4.98 Å². The lowest BCUT2D eigenvalue weighted by molar-refractivity contribution is -0.392. The third-order valence-corrected chi connectivity index (χ3v) is 2.78. The number of aromatic nitrogens is 4. The fraction of sp³-hybridized carbons (Fsp3) is 0.545. The minimum atomic E-state index is -0.478. The van der Waals surface area contributed by atoms with Gasteiger partial charge in [0.2, 0.25) is 0 Å². The molecule has 0 atom stereocenters. The Morgan fingerprint density at radius 1 is 1.53 bits per heavy atom. The highest BCUT2D eigenvalue weighted by molar-refractivity contribution is 5.19. The van der Waals surface area contributed by atoms with Crippen LogP contribution in [0, 0.1) is 17.0 Å². The van der Waals surface area contributed by atoms with E-state index in [-0.39, 0.29) is 12.4 Å². The normalized spacial score (nSPS) is 10.8. The molecule has 2 rings (SSSR count). The Balaban J connectivity index is 2.15. The molecule has 0 saturated heterocycles. The molecule has 0 aromatic carbocycles. The van der Waals surface area contributed by atoms with Crippen LogP contribution in [-0.2, 0) is 13.0 Å². The summed E-state index contributed by atoms with van der Waals surface area (Å²) < 4.78 is 6.53. The molecule has 0 radical (unpaired) electrons. The van der Waals surface area contributed by atoms with Gasteiger partial charge in [0.1, 0.15) is 6.20 Å². The van der Waals surface area contributed by atoms with Gasteiger partial charge >= 0.3 is 5.82 Å². The number of imidazole rings is 1. The van der Waals surface area contributed by atoms with E-state index < -0.39 is 4.92 Å². The van der Waals surface area contributed by atoms with Crippen LogP contribution in [0.3, 0.4) is 0 Å². The molecular weight excluding hydrogens is 250 g/mol. The third-order valence-electron chi connectivity index (χ3n) is 2.78. The molecule has 0 unspecified atom stereocenters. The lowest BCUT2D eigenvalue weighted by Gasteiger charge is -1.98. The van der Waals surface area contributed by atoms with Gasteiger partial charge in [-0.15, -0.1) is 0 Å². The first kappa shape index (κ1) is 13.2. The number of rotatable bonds is 6. The Bertz CT molecular complexity index is 575. The van der Waals surface area contributed by atoms with E-state index in [1.807, 2.05) is 0 Å². The molecule has 0 aliphatic carbocycles. The Hall–Kier alpha value is -2.25. The van der Waals surface area contributed by atoms with Crippen LogP contribution in [-0.4, -0.2) is 24.6 Å². The molecule has 2 heterocycles. The number of nitro groups is 1. The summed E-state index contributed by atoms with van der Waals surface area (Å²) in [5.74, 6) is 1.46. The molecule has 0 bridgehead atoms. The number of nitrogens with zero attached hydrogens (tertiary/aromatic N) is 5. The molecule has 0 spiro atoms. The van der Waals surface area contributed by atoms with Crippen molar-refractivity contribution in [1.29, 1.82) is 0 Å². The van der Waals surface area contributed by atoms with E-state index in [1.165, 1.54) is 10.8 Å². The summed E-state index contributed by atoms with van der Waals surface area (Å²) in [6, 6.07) is 0. The van der Waals surface area contributed by atoms with Crippen molar-refractivity contribution in [1.82, 2.24) is 19.7 Å². The van der Waals surface area contributed by atoms with E-state index >= 15 is 0 Å². The zero-order valence-corrected chi connectivity index (χ0v) is 10.9. The molecule has 102 valence electrons. The molecule has 8 nitrogen and oxygen atoms in total. The SMILES string of the molecule is CCCCc1noc(Cn2c([N+](=O)[O-])cnc2C)n1. The van der Waals surface area contributed by atoms with Gasteiger partial charge in [-0.05, 0) is 11.3 Å². The predicted molar refractivity (Wildman–Crippen MR) is 65.6 cm³/mol. The maximum Gasteiger partial charge on any atom is 0.343 e. The fourth-order valence-corrected chi connectivity index (χ4v) is 1.72. The summed E-state index contributed by atoms with van der Waals surface area (Å²) in [7, 11) is 0. The van der Waals surface area contributed by atoms with Crippen molar-refractivity contribution >= 4 is 5.82 Å². The van der Waals surface area contributed by atoms with Gasteiger partial charge in [0.05, 0.1) is 0 Å². The average Bonchev–Trinajstić information content (AvgIpc) is 2.96. The second-order valence-electron chi connectivity index (χ2n) is 4.21. The summed E-state index contributed by atoms with van der Waals surface area (Å²) in [6.07, 6.45) is 4.02. The van der Waals surface area contributed by atoms with Crippen molar-refractivity contribution < 1.29 is 9.45 Å². The molecule has 2 aromatic heterocycles. The lowest BCUT2D eigenvalue weighted by Crippen LogP contribution is -2.06. The van der Waals surface area contributed by atoms with E-state index in [0.717, 1.165) is 19.3 Å². The van der Waals surface area contributed by atoms with Gasteiger partial charge in [0.15, 0.2) is 18.2 Å². The van der Waals surface area contributed by atoms with Crippen molar-refractivity contribution in [3.05, 3.63) is 33.9 Å². The molecule has 0 amide bonds. The van der Waals surface area contributed by atoms with Gasteiger partial charge < -0.3 is 14.6 Å². The van der Waals surface area contributed by atoms with E-state index in [0.29, 0.717) is 17.5 Å². The smallest absolute Gasteiger partial charge is 0.343 e. The van der Waals surface area contributed by atoms with Crippen molar-refractivity contribution in [3.8, 4) is 0 Å². The Labute approximate surface area is 109 Å². The monoisotopic (exact) mass is 265 g/mol. The third kappa shape index (κ3) is 2.95. The second-order valence-corrected chi connectivity index (χ2v) is 4.21. The van der Waals surface area contributed by atoms with E-state index in [9.17, 15) is 10.1 Å². The van der Waals surface area contributed by atoms with Crippen LogP contribution in [0.15, 0.2) is 10.7 Å².